The van der Waals surface area contributed by atoms with E-state index in [4.69, 9.17) is 5.73 Å². The Labute approximate surface area is 125 Å². The van der Waals surface area contributed by atoms with Gasteiger partial charge in [-0.15, -0.1) is 11.3 Å². The highest BCUT2D eigenvalue weighted by Gasteiger charge is 2.08. The van der Waals surface area contributed by atoms with Crippen LogP contribution in [0.5, 0.6) is 0 Å². The number of aromatic nitrogens is 3. The molecule has 0 fully saturated rings. The topological polar surface area (TPSA) is 96.7 Å². The lowest BCUT2D eigenvalue weighted by Crippen LogP contribution is -2.14. The minimum Gasteiger partial charge on any atom is -0.375 e. The maximum Gasteiger partial charge on any atom is 0.230 e. The summed E-state index contributed by atoms with van der Waals surface area (Å²) in [7, 11) is 0. The van der Waals surface area contributed by atoms with Gasteiger partial charge in [-0.3, -0.25) is 9.89 Å². The van der Waals surface area contributed by atoms with Crippen LogP contribution >= 0.6 is 11.3 Å². The lowest BCUT2D eigenvalue weighted by molar-refractivity contribution is -0.115. The summed E-state index contributed by atoms with van der Waals surface area (Å²) in [6, 6.07) is 9.43. The number of hydrogen-bond acceptors (Lipinski definition) is 5. The van der Waals surface area contributed by atoms with Crippen LogP contribution in [0.2, 0.25) is 0 Å². The van der Waals surface area contributed by atoms with Gasteiger partial charge in [-0.2, -0.15) is 5.10 Å². The van der Waals surface area contributed by atoms with Gasteiger partial charge in [0.05, 0.1) is 17.8 Å². The monoisotopic (exact) mass is 299 g/mol. The number of nitrogens with zero attached hydrogens (tertiary/aromatic N) is 2. The maximum absolute atomic E-state index is 12.0. The molecule has 0 spiro atoms. The predicted octanol–water partition coefficient (Wildman–Crippen LogP) is 2.30. The molecule has 106 valence electrons. The van der Waals surface area contributed by atoms with Crippen LogP contribution in [0.1, 0.15) is 5.69 Å². The van der Waals surface area contributed by atoms with Crippen molar-refractivity contribution >= 4 is 28.1 Å². The Bertz CT molecular complexity index is 750. The molecule has 4 N–H and O–H groups in total. The number of nitrogens with two attached hydrogens (primary N) is 1. The highest BCUT2D eigenvalue weighted by Crippen LogP contribution is 2.20. The maximum atomic E-state index is 12.0. The Kier molecular flexibility index (Phi) is 3.65. The van der Waals surface area contributed by atoms with Crippen molar-refractivity contribution in [3.05, 3.63) is 47.6 Å². The third kappa shape index (κ3) is 3.26. The molecule has 1 aromatic carbocycles. The summed E-state index contributed by atoms with van der Waals surface area (Å²) in [6.45, 7) is 0. The zero-order valence-corrected chi connectivity index (χ0v) is 11.9. The summed E-state index contributed by atoms with van der Waals surface area (Å²) < 4.78 is 0. The molecule has 0 atom stereocenters. The Hall–Kier alpha value is -2.67. The van der Waals surface area contributed by atoms with Gasteiger partial charge in [0.25, 0.3) is 0 Å². The van der Waals surface area contributed by atoms with Gasteiger partial charge in [0, 0.05) is 22.8 Å². The molecular weight excluding hydrogens is 286 g/mol. The molecule has 2 heterocycles. The zero-order chi connectivity index (χ0) is 14.7. The standard InChI is InChI=1S/C14H13N5OS/c15-14-18-11(8-21-14)7-13(20)17-10-3-1-2-9(6-10)12-4-5-16-19-12/h1-6,8H,7H2,(H2,15,18)(H,16,19)(H,17,20). The zero-order valence-electron chi connectivity index (χ0n) is 11.0. The molecule has 0 bridgehead atoms. The first-order valence-electron chi connectivity index (χ1n) is 6.30. The number of benzene rings is 1. The van der Waals surface area contributed by atoms with E-state index in [-0.39, 0.29) is 12.3 Å². The molecule has 0 saturated carbocycles. The van der Waals surface area contributed by atoms with Crippen molar-refractivity contribution in [2.75, 3.05) is 11.1 Å². The first-order valence-corrected chi connectivity index (χ1v) is 7.18. The van der Waals surface area contributed by atoms with Gasteiger partial charge in [-0.05, 0) is 18.2 Å². The van der Waals surface area contributed by atoms with E-state index in [1.54, 1.807) is 11.6 Å². The van der Waals surface area contributed by atoms with Crippen molar-refractivity contribution in [3.63, 3.8) is 0 Å². The Morgan fingerprint density at radius 3 is 3.00 bits per heavy atom. The van der Waals surface area contributed by atoms with Crippen molar-refractivity contribution in [1.29, 1.82) is 0 Å². The van der Waals surface area contributed by atoms with Crippen LogP contribution in [0.25, 0.3) is 11.3 Å². The molecule has 7 heteroatoms. The molecule has 6 nitrogen and oxygen atoms in total. The first-order chi connectivity index (χ1) is 10.2. The van der Waals surface area contributed by atoms with Gasteiger partial charge in [0.1, 0.15) is 0 Å². The van der Waals surface area contributed by atoms with Gasteiger partial charge < -0.3 is 11.1 Å². The summed E-state index contributed by atoms with van der Waals surface area (Å²) in [6.07, 6.45) is 1.90. The molecular formula is C14H13N5OS. The van der Waals surface area contributed by atoms with E-state index in [2.05, 4.69) is 20.5 Å². The van der Waals surface area contributed by atoms with Crippen LogP contribution in [-0.2, 0) is 11.2 Å². The molecule has 0 aliphatic heterocycles. The van der Waals surface area contributed by atoms with Crippen molar-refractivity contribution in [3.8, 4) is 11.3 Å². The largest absolute Gasteiger partial charge is 0.375 e. The Balaban J connectivity index is 1.70. The fraction of sp³-hybridized carbons (Fsp3) is 0.0714. The summed E-state index contributed by atoms with van der Waals surface area (Å²) in [4.78, 5) is 16.1. The number of H-pyrrole nitrogens is 1. The summed E-state index contributed by atoms with van der Waals surface area (Å²) in [5.41, 5.74) is 8.82. The van der Waals surface area contributed by atoms with Gasteiger partial charge in [-0.25, -0.2) is 4.98 Å². The summed E-state index contributed by atoms with van der Waals surface area (Å²) in [5, 5.41) is 11.9. The molecule has 3 rings (SSSR count). The Morgan fingerprint density at radius 2 is 2.29 bits per heavy atom. The Morgan fingerprint density at radius 1 is 1.38 bits per heavy atom. The van der Waals surface area contributed by atoms with Crippen LogP contribution < -0.4 is 11.1 Å². The van der Waals surface area contributed by atoms with Gasteiger partial charge in [0.2, 0.25) is 5.91 Å². The molecule has 0 aliphatic rings. The number of nitrogens with one attached hydrogen (secondary N) is 2. The average Bonchev–Trinajstić information content (AvgIpc) is 3.11. The molecule has 21 heavy (non-hydrogen) atoms. The summed E-state index contributed by atoms with van der Waals surface area (Å²) >= 11 is 1.33. The molecule has 2 aromatic heterocycles. The molecule has 0 aliphatic carbocycles. The van der Waals surface area contributed by atoms with Gasteiger partial charge >= 0.3 is 0 Å². The van der Waals surface area contributed by atoms with Crippen LogP contribution in [0.3, 0.4) is 0 Å². The second-order valence-electron chi connectivity index (χ2n) is 4.45. The van der Waals surface area contributed by atoms with Gasteiger partial charge in [0.15, 0.2) is 5.13 Å². The van der Waals surface area contributed by atoms with Crippen LogP contribution in [-0.4, -0.2) is 21.1 Å². The smallest absolute Gasteiger partial charge is 0.230 e. The third-order valence-corrected chi connectivity index (χ3v) is 3.59. The van der Waals surface area contributed by atoms with E-state index in [1.165, 1.54) is 11.3 Å². The van der Waals surface area contributed by atoms with Gasteiger partial charge in [-0.1, -0.05) is 12.1 Å². The molecule has 0 unspecified atom stereocenters. The second kappa shape index (κ2) is 5.76. The molecule has 0 saturated heterocycles. The fourth-order valence-electron chi connectivity index (χ4n) is 1.95. The van der Waals surface area contributed by atoms with Crippen LogP contribution in [0.4, 0.5) is 10.8 Å². The average molecular weight is 299 g/mol. The molecule has 1 amide bonds. The molecule has 0 radical (unpaired) electrons. The van der Waals surface area contributed by atoms with E-state index >= 15 is 0 Å². The quantitative estimate of drug-likeness (QED) is 0.688. The van der Waals surface area contributed by atoms with Crippen molar-refractivity contribution in [2.24, 2.45) is 0 Å². The van der Waals surface area contributed by atoms with Crippen molar-refractivity contribution in [2.45, 2.75) is 6.42 Å². The highest BCUT2D eigenvalue weighted by molar-refractivity contribution is 7.13. The number of rotatable bonds is 4. The minimum absolute atomic E-state index is 0.123. The number of carbonyl (C=O) groups is 1. The van der Waals surface area contributed by atoms with E-state index in [0.29, 0.717) is 10.8 Å². The predicted molar refractivity (Wildman–Crippen MR) is 82.9 cm³/mol. The van der Waals surface area contributed by atoms with Crippen LogP contribution in [0.15, 0.2) is 41.9 Å². The number of hydrogen-bond donors (Lipinski definition) is 3. The number of thiazole rings is 1. The number of aromatic amines is 1. The van der Waals surface area contributed by atoms with E-state index in [9.17, 15) is 4.79 Å². The molecule has 3 aromatic rings. The minimum atomic E-state index is -0.123. The second-order valence-corrected chi connectivity index (χ2v) is 5.34. The van der Waals surface area contributed by atoms with E-state index in [0.717, 1.165) is 16.9 Å². The van der Waals surface area contributed by atoms with E-state index < -0.39 is 0 Å². The normalized spacial score (nSPS) is 10.5. The lowest BCUT2D eigenvalue weighted by atomic mass is 10.1. The van der Waals surface area contributed by atoms with Crippen LogP contribution in [0, 0.1) is 0 Å². The highest BCUT2D eigenvalue weighted by atomic mass is 32.1. The number of nitrogen functional groups attached to an aromatic ring is 1. The number of carbonyl (C=O) groups excluding carboxylic acids is 1. The lowest BCUT2D eigenvalue weighted by Gasteiger charge is -2.06. The summed E-state index contributed by atoms with van der Waals surface area (Å²) in [5.74, 6) is -0.123. The first kappa shape index (κ1) is 13.3. The van der Waals surface area contributed by atoms with Crippen molar-refractivity contribution < 1.29 is 4.79 Å². The number of anilines is 2. The fourth-order valence-corrected chi connectivity index (χ4v) is 2.52. The SMILES string of the molecule is Nc1nc(CC(=O)Nc2cccc(-c3ccn[nH]3)c2)cs1. The third-order valence-electron chi connectivity index (χ3n) is 2.87. The van der Waals surface area contributed by atoms with Crippen molar-refractivity contribution in [1.82, 2.24) is 15.2 Å². The van der Waals surface area contributed by atoms with E-state index in [1.807, 2.05) is 30.3 Å². The number of amides is 1.